The second-order valence-electron chi connectivity index (χ2n) is 6.70. The zero-order valence-electron chi connectivity index (χ0n) is 13.4. The summed E-state index contributed by atoms with van der Waals surface area (Å²) in [5, 5.41) is 25.8. The van der Waals surface area contributed by atoms with Crippen molar-refractivity contribution in [2.75, 3.05) is 0 Å². The quantitative estimate of drug-likeness (QED) is 0.266. The molecular weight excluding hydrogens is 406 g/mol. The van der Waals surface area contributed by atoms with E-state index >= 15 is 0 Å². The van der Waals surface area contributed by atoms with Crippen LogP contribution in [-0.4, -0.2) is 33.1 Å². The van der Waals surface area contributed by atoms with Crippen LogP contribution in [0.15, 0.2) is 33.9 Å². The lowest BCUT2D eigenvalue weighted by Crippen LogP contribution is -2.38. The monoisotopic (exact) mass is 419 g/mol. The SMILES string of the molecule is O=C1C2C3C=CC(CC3)C2C(=O)N1N=Cc1cc([N+](=O)[O-])cc(Br)c1O. The van der Waals surface area contributed by atoms with Gasteiger partial charge in [-0.3, -0.25) is 19.7 Å². The van der Waals surface area contributed by atoms with Gasteiger partial charge in [-0.05, 0) is 40.6 Å². The summed E-state index contributed by atoms with van der Waals surface area (Å²) in [6.07, 6.45) is 6.90. The van der Waals surface area contributed by atoms with Gasteiger partial charge in [-0.1, -0.05) is 12.2 Å². The number of aromatic hydroxyl groups is 1. The summed E-state index contributed by atoms with van der Waals surface area (Å²) in [6, 6.07) is 2.30. The summed E-state index contributed by atoms with van der Waals surface area (Å²) < 4.78 is 0.128. The Labute approximate surface area is 156 Å². The second kappa shape index (κ2) is 6.01. The van der Waals surface area contributed by atoms with Gasteiger partial charge in [0.2, 0.25) is 0 Å². The average molecular weight is 420 g/mol. The lowest BCUT2D eigenvalue weighted by molar-refractivity contribution is -0.385. The normalized spacial score (nSPS) is 29.7. The average Bonchev–Trinajstić information content (AvgIpc) is 2.90. The van der Waals surface area contributed by atoms with E-state index in [0.29, 0.717) is 0 Å². The number of amides is 2. The number of non-ortho nitro benzene ring substituents is 1. The Bertz CT molecular complexity index is 865. The summed E-state index contributed by atoms with van der Waals surface area (Å²) in [4.78, 5) is 35.7. The van der Waals surface area contributed by atoms with Crippen LogP contribution >= 0.6 is 15.9 Å². The van der Waals surface area contributed by atoms with Gasteiger partial charge < -0.3 is 5.11 Å². The molecular formula is C17H14BrN3O5. The number of carbonyl (C=O) groups excluding carboxylic acids is 2. The molecule has 9 heteroatoms. The number of halogens is 1. The Morgan fingerprint density at radius 2 is 1.77 bits per heavy atom. The predicted octanol–water partition coefficient (Wildman–Crippen LogP) is 2.59. The first-order valence-electron chi connectivity index (χ1n) is 8.15. The molecule has 134 valence electrons. The number of imide groups is 1. The van der Waals surface area contributed by atoms with Crippen LogP contribution in [0.1, 0.15) is 18.4 Å². The first-order chi connectivity index (χ1) is 12.4. The first kappa shape index (κ1) is 16.9. The number of hydrogen-bond acceptors (Lipinski definition) is 6. The van der Waals surface area contributed by atoms with Crippen LogP contribution in [0.25, 0.3) is 0 Å². The van der Waals surface area contributed by atoms with Gasteiger partial charge >= 0.3 is 0 Å². The maximum absolute atomic E-state index is 12.7. The molecule has 0 spiro atoms. The molecule has 1 N–H and O–H groups in total. The summed E-state index contributed by atoms with van der Waals surface area (Å²) in [6.45, 7) is 0. The number of phenolic OH excluding ortho intramolecular Hbond substituents is 1. The van der Waals surface area contributed by atoms with Crippen molar-refractivity contribution in [1.82, 2.24) is 5.01 Å². The number of rotatable bonds is 3. The fourth-order valence-corrected chi connectivity index (χ4v) is 4.56. The van der Waals surface area contributed by atoms with Crippen molar-refractivity contribution in [3.63, 3.8) is 0 Å². The molecule has 4 unspecified atom stereocenters. The molecule has 1 aliphatic heterocycles. The standard InChI is InChI=1S/C17H14BrN3O5/c18-12-6-11(21(25)26)5-10(15(12)22)7-19-20-16(23)13-8-1-2-9(4-3-8)14(13)17(20)24/h1-2,5-9,13-14,22H,3-4H2. The Balaban J connectivity index is 1.65. The first-order valence-corrected chi connectivity index (χ1v) is 8.95. The largest absolute Gasteiger partial charge is 0.506 e. The zero-order valence-corrected chi connectivity index (χ0v) is 15.0. The van der Waals surface area contributed by atoms with E-state index in [9.17, 15) is 24.8 Å². The number of carbonyl (C=O) groups is 2. The van der Waals surface area contributed by atoms with Crippen molar-refractivity contribution in [1.29, 1.82) is 0 Å². The molecule has 4 atom stereocenters. The molecule has 5 rings (SSSR count). The molecule has 1 saturated heterocycles. The van der Waals surface area contributed by atoms with Crippen LogP contribution in [0.4, 0.5) is 5.69 Å². The molecule has 4 aliphatic rings. The van der Waals surface area contributed by atoms with Gasteiger partial charge in [0, 0.05) is 17.7 Å². The van der Waals surface area contributed by atoms with E-state index in [1.165, 1.54) is 0 Å². The number of nitrogens with zero attached hydrogens (tertiary/aromatic N) is 3. The minimum Gasteiger partial charge on any atom is -0.506 e. The topological polar surface area (TPSA) is 113 Å². The van der Waals surface area contributed by atoms with Crippen LogP contribution in [0.5, 0.6) is 5.75 Å². The number of hydrogen-bond donors (Lipinski definition) is 1. The Kier molecular flexibility index (Phi) is 3.91. The Hall–Kier alpha value is -2.55. The summed E-state index contributed by atoms with van der Waals surface area (Å²) in [5.74, 6) is -1.59. The van der Waals surface area contributed by atoms with Gasteiger partial charge in [0.05, 0.1) is 27.4 Å². The number of benzene rings is 1. The van der Waals surface area contributed by atoms with Crippen molar-refractivity contribution < 1.29 is 19.6 Å². The Morgan fingerprint density at radius 3 is 2.27 bits per heavy atom. The lowest BCUT2D eigenvalue weighted by Gasteiger charge is -2.37. The van der Waals surface area contributed by atoms with Crippen LogP contribution < -0.4 is 0 Å². The van der Waals surface area contributed by atoms with Crippen LogP contribution in [-0.2, 0) is 9.59 Å². The number of phenols is 1. The van der Waals surface area contributed by atoms with Gasteiger partial charge in [-0.2, -0.15) is 10.1 Å². The van der Waals surface area contributed by atoms with E-state index in [1.54, 1.807) is 0 Å². The fourth-order valence-electron chi connectivity index (χ4n) is 4.10. The van der Waals surface area contributed by atoms with E-state index in [0.717, 1.165) is 36.2 Å². The number of fused-ring (bicyclic) bond motifs is 1. The lowest BCUT2D eigenvalue weighted by atomic mass is 9.63. The highest BCUT2D eigenvalue weighted by Gasteiger charge is 2.56. The molecule has 2 fully saturated rings. The van der Waals surface area contributed by atoms with Crippen molar-refractivity contribution in [3.05, 3.63) is 44.4 Å². The van der Waals surface area contributed by atoms with E-state index < -0.39 is 4.92 Å². The van der Waals surface area contributed by atoms with E-state index in [4.69, 9.17) is 0 Å². The van der Waals surface area contributed by atoms with Crippen molar-refractivity contribution in [2.45, 2.75) is 12.8 Å². The molecule has 26 heavy (non-hydrogen) atoms. The third kappa shape index (κ3) is 2.45. The molecule has 0 radical (unpaired) electrons. The molecule has 1 aromatic rings. The third-order valence-electron chi connectivity index (χ3n) is 5.34. The molecule has 8 nitrogen and oxygen atoms in total. The maximum Gasteiger partial charge on any atom is 0.271 e. The molecule has 1 aromatic carbocycles. The Morgan fingerprint density at radius 1 is 1.19 bits per heavy atom. The summed E-state index contributed by atoms with van der Waals surface area (Å²) in [5.41, 5.74) is -0.200. The summed E-state index contributed by atoms with van der Waals surface area (Å²) >= 11 is 3.04. The van der Waals surface area contributed by atoms with Gasteiger partial charge in [0.15, 0.2) is 0 Å². The maximum atomic E-state index is 12.7. The van der Waals surface area contributed by atoms with Gasteiger partial charge in [0.25, 0.3) is 17.5 Å². The fraction of sp³-hybridized carbons (Fsp3) is 0.353. The number of hydrazone groups is 1. The number of allylic oxidation sites excluding steroid dienone is 2. The van der Waals surface area contributed by atoms with E-state index in [2.05, 4.69) is 21.0 Å². The smallest absolute Gasteiger partial charge is 0.271 e. The molecule has 2 amide bonds. The van der Waals surface area contributed by atoms with Crippen LogP contribution in [0.3, 0.4) is 0 Å². The number of nitro groups is 1. The minimum absolute atomic E-state index is 0.0441. The molecule has 1 heterocycles. The van der Waals surface area contributed by atoms with Crippen molar-refractivity contribution >= 4 is 39.6 Å². The zero-order chi connectivity index (χ0) is 18.6. The van der Waals surface area contributed by atoms with Crippen LogP contribution in [0.2, 0.25) is 0 Å². The highest BCUT2D eigenvalue weighted by molar-refractivity contribution is 9.10. The van der Waals surface area contributed by atoms with E-state index in [1.807, 2.05) is 12.2 Å². The predicted molar refractivity (Wildman–Crippen MR) is 94.2 cm³/mol. The molecule has 1 saturated carbocycles. The van der Waals surface area contributed by atoms with Gasteiger partial charge in [0.1, 0.15) is 5.75 Å². The molecule has 3 aliphatic carbocycles. The van der Waals surface area contributed by atoms with Crippen molar-refractivity contribution in [2.24, 2.45) is 28.8 Å². The summed E-state index contributed by atoms with van der Waals surface area (Å²) in [7, 11) is 0. The molecule has 0 aromatic heterocycles. The highest BCUT2D eigenvalue weighted by Crippen LogP contribution is 2.49. The second-order valence-corrected chi connectivity index (χ2v) is 7.55. The third-order valence-corrected chi connectivity index (χ3v) is 5.94. The van der Waals surface area contributed by atoms with Gasteiger partial charge in [-0.25, -0.2) is 0 Å². The highest BCUT2D eigenvalue weighted by atomic mass is 79.9. The number of nitro benzene ring substituents is 1. The van der Waals surface area contributed by atoms with Crippen molar-refractivity contribution in [3.8, 4) is 5.75 Å². The van der Waals surface area contributed by atoms with E-state index in [-0.39, 0.29) is 57.0 Å². The molecule has 2 bridgehead atoms. The van der Waals surface area contributed by atoms with Gasteiger partial charge in [-0.15, -0.1) is 0 Å². The minimum atomic E-state index is -0.606. The van der Waals surface area contributed by atoms with Crippen LogP contribution in [0, 0.1) is 33.8 Å².